The number of rotatable bonds is 8. The van der Waals surface area contributed by atoms with Crippen molar-refractivity contribution in [2.45, 2.75) is 12.0 Å². The van der Waals surface area contributed by atoms with Gasteiger partial charge in [-0.15, -0.1) is 0 Å². The number of hydrogen-bond donors (Lipinski definition) is 2. The summed E-state index contributed by atoms with van der Waals surface area (Å²) in [5.41, 5.74) is -0.603. The van der Waals surface area contributed by atoms with Gasteiger partial charge in [0.2, 0.25) is 5.91 Å². The van der Waals surface area contributed by atoms with Crippen molar-refractivity contribution >= 4 is 51.0 Å². The van der Waals surface area contributed by atoms with E-state index in [0.717, 1.165) is 0 Å². The molecule has 1 unspecified atom stereocenters. The van der Waals surface area contributed by atoms with Gasteiger partial charge in [0.05, 0.1) is 34.1 Å². The van der Waals surface area contributed by atoms with E-state index in [0.29, 0.717) is 16.1 Å². The van der Waals surface area contributed by atoms with E-state index >= 15 is 0 Å². The number of aliphatic hydroxyl groups is 1. The van der Waals surface area contributed by atoms with Crippen LogP contribution in [0.15, 0.2) is 48.5 Å². The van der Waals surface area contributed by atoms with Gasteiger partial charge in [-0.05, 0) is 29.8 Å². The molecule has 2 aromatic carbocycles. The Kier molecular flexibility index (Phi) is 8.10. The molecular weight excluding hydrogens is 457 g/mol. The lowest BCUT2D eigenvalue weighted by Crippen LogP contribution is -2.42. The number of carbonyl (C=O) groups excluding carboxylic acids is 2. The van der Waals surface area contributed by atoms with Crippen LogP contribution >= 0.6 is 39.1 Å². The predicted octanol–water partition coefficient (Wildman–Crippen LogP) is 3.94. The average molecular weight is 475 g/mol. The van der Waals surface area contributed by atoms with Crippen LogP contribution in [0.5, 0.6) is 0 Å². The van der Waals surface area contributed by atoms with Crippen LogP contribution < -0.4 is 5.32 Å². The number of halogens is 3. The maximum atomic E-state index is 12.1. The molecule has 27 heavy (non-hydrogen) atoms. The second kappa shape index (κ2) is 10.1. The summed E-state index contributed by atoms with van der Waals surface area (Å²) < 4.78 is 5.25. The van der Waals surface area contributed by atoms with Gasteiger partial charge in [-0.3, -0.25) is 4.79 Å². The summed E-state index contributed by atoms with van der Waals surface area (Å²) in [6, 6.07) is 13.3. The summed E-state index contributed by atoms with van der Waals surface area (Å²) in [7, 11) is 0. The molecule has 0 aliphatic rings. The summed E-state index contributed by atoms with van der Waals surface area (Å²) in [6.07, 6.45) is 0.0616. The van der Waals surface area contributed by atoms with E-state index in [1.165, 1.54) is 6.07 Å². The number of ether oxygens (including phenoxy) is 1. The van der Waals surface area contributed by atoms with Gasteiger partial charge in [0, 0.05) is 6.42 Å². The van der Waals surface area contributed by atoms with E-state index in [4.69, 9.17) is 27.9 Å². The SMILES string of the molecule is O=C(CBr)NCC(O)(CCOC(=O)c1ccccc1)c1ccc(Cl)c(Cl)c1. The van der Waals surface area contributed by atoms with Crippen molar-refractivity contribution in [3.8, 4) is 0 Å². The molecule has 0 aliphatic carbocycles. The molecule has 1 amide bonds. The molecule has 1 atom stereocenters. The highest BCUT2D eigenvalue weighted by Crippen LogP contribution is 2.31. The molecule has 5 nitrogen and oxygen atoms in total. The molecule has 2 N–H and O–H groups in total. The van der Waals surface area contributed by atoms with Crippen LogP contribution in [0.25, 0.3) is 0 Å². The minimum atomic E-state index is -1.48. The van der Waals surface area contributed by atoms with Crippen LogP contribution in [0.4, 0.5) is 0 Å². The Balaban J connectivity index is 2.10. The standard InChI is InChI=1S/C19H18BrCl2NO4/c20-11-17(24)23-12-19(26,14-6-7-15(21)16(22)10-14)8-9-27-18(25)13-4-2-1-3-5-13/h1-7,10,26H,8-9,11-12H2,(H,23,24). The van der Waals surface area contributed by atoms with Crippen molar-refractivity contribution in [2.24, 2.45) is 0 Å². The summed E-state index contributed by atoms with van der Waals surface area (Å²) in [4.78, 5) is 23.6. The van der Waals surface area contributed by atoms with Crippen molar-refractivity contribution in [1.82, 2.24) is 5.32 Å². The minimum absolute atomic E-state index is 0.0470. The molecule has 0 spiro atoms. The zero-order chi connectivity index (χ0) is 19.9. The number of nitrogens with one attached hydrogen (secondary N) is 1. The molecular formula is C19H18BrCl2NO4. The molecule has 0 aliphatic heterocycles. The Hall–Kier alpha value is -1.60. The fraction of sp³-hybridized carbons (Fsp3) is 0.263. The second-order valence-electron chi connectivity index (χ2n) is 5.82. The quantitative estimate of drug-likeness (QED) is 0.448. The Labute approximate surface area is 175 Å². The van der Waals surface area contributed by atoms with Gasteiger partial charge in [-0.25, -0.2) is 4.79 Å². The number of carbonyl (C=O) groups is 2. The highest BCUT2D eigenvalue weighted by molar-refractivity contribution is 9.09. The first-order valence-corrected chi connectivity index (χ1v) is 9.96. The summed E-state index contributed by atoms with van der Waals surface area (Å²) in [5, 5.41) is 14.5. The number of alkyl halides is 1. The van der Waals surface area contributed by atoms with Gasteiger partial charge in [0.25, 0.3) is 0 Å². The molecule has 2 rings (SSSR count). The number of amides is 1. The summed E-state index contributed by atoms with van der Waals surface area (Å²) >= 11 is 15.0. The topological polar surface area (TPSA) is 75.6 Å². The highest BCUT2D eigenvalue weighted by Gasteiger charge is 2.31. The van der Waals surface area contributed by atoms with Crippen molar-refractivity contribution in [3.63, 3.8) is 0 Å². The van der Waals surface area contributed by atoms with E-state index < -0.39 is 11.6 Å². The van der Waals surface area contributed by atoms with Crippen LogP contribution in [0.3, 0.4) is 0 Å². The first-order chi connectivity index (χ1) is 12.9. The highest BCUT2D eigenvalue weighted by atomic mass is 79.9. The fourth-order valence-corrected chi connectivity index (χ4v) is 2.88. The fourth-order valence-electron chi connectivity index (χ4n) is 2.38. The molecule has 2 aromatic rings. The molecule has 0 fully saturated rings. The van der Waals surface area contributed by atoms with Gasteiger partial charge in [0.15, 0.2) is 0 Å². The zero-order valence-corrected chi connectivity index (χ0v) is 17.4. The number of esters is 1. The maximum Gasteiger partial charge on any atom is 0.338 e. The van der Waals surface area contributed by atoms with E-state index in [1.807, 2.05) is 0 Å². The second-order valence-corrected chi connectivity index (χ2v) is 7.20. The predicted molar refractivity (Wildman–Crippen MR) is 109 cm³/mol. The zero-order valence-electron chi connectivity index (χ0n) is 14.3. The number of benzene rings is 2. The van der Waals surface area contributed by atoms with Gasteiger partial charge >= 0.3 is 5.97 Å². The van der Waals surface area contributed by atoms with E-state index in [-0.39, 0.29) is 35.8 Å². The third-order valence-corrected chi connectivity index (χ3v) is 5.16. The van der Waals surface area contributed by atoms with Gasteiger partial charge in [-0.1, -0.05) is 63.4 Å². The van der Waals surface area contributed by atoms with Gasteiger partial charge in [-0.2, -0.15) is 0 Å². The lowest BCUT2D eigenvalue weighted by Gasteiger charge is -2.29. The summed E-state index contributed by atoms with van der Waals surface area (Å²) in [6.45, 7) is -0.118. The van der Waals surface area contributed by atoms with Crippen molar-refractivity contribution in [2.75, 3.05) is 18.5 Å². The minimum Gasteiger partial charge on any atom is -0.462 e. The number of hydrogen-bond acceptors (Lipinski definition) is 4. The van der Waals surface area contributed by atoms with Gasteiger partial charge < -0.3 is 15.2 Å². The van der Waals surface area contributed by atoms with E-state index in [9.17, 15) is 14.7 Å². The van der Waals surface area contributed by atoms with Crippen LogP contribution in [0.2, 0.25) is 10.0 Å². The van der Waals surface area contributed by atoms with E-state index in [2.05, 4.69) is 21.2 Å². The lowest BCUT2D eigenvalue weighted by molar-refractivity contribution is -0.120. The summed E-state index contributed by atoms with van der Waals surface area (Å²) in [5.74, 6) is -0.772. The normalized spacial score (nSPS) is 12.9. The third-order valence-electron chi connectivity index (χ3n) is 3.91. The lowest BCUT2D eigenvalue weighted by atomic mass is 9.90. The molecule has 0 radical (unpaired) electrons. The smallest absolute Gasteiger partial charge is 0.338 e. The van der Waals surface area contributed by atoms with Gasteiger partial charge in [0.1, 0.15) is 5.60 Å². The average Bonchev–Trinajstić information content (AvgIpc) is 2.68. The Bertz CT molecular complexity index is 804. The Morgan fingerprint density at radius 1 is 1.11 bits per heavy atom. The first kappa shape index (κ1) is 21.7. The Morgan fingerprint density at radius 2 is 1.81 bits per heavy atom. The monoisotopic (exact) mass is 473 g/mol. The van der Waals surface area contributed by atoms with Crippen molar-refractivity contribution in [3.05, 3.63) is 69.7 Å². The molecule has 144 valence electrons. The Morgan fingerprint density at radius 3 is 2.44 bits per heavy atom. The molecule has 8 heteroatoms. The first-order valence-electron chi connectivity index (χ1n) is 8.08. The van der Waals surface area contributed by atoms with Crippen molar-refractivity contribution in [1.29, 1.82) is 0 Å². The molecule has 0 saturated heterocycles. The third kappa shape index (κ3) is 6.21. The van der Waals surface area contributed by atoms with Crippen molar-refractivity contribution < 1.29 is 19.4 Å². The van der Waals surface area contributed by atoms with Crippen LogP contribution in [-0.4, -0.2) is 35.5 Å². The maximum absolute atomic E-state index is 12.1. The molecule has 0 heterocycles. The van der Waals surface area contributed by atoms with Crippen LogP contribution in [-0.2, 0) is 15.1 Å². The molecule has 0 saturated carbocycles. The van der Waals surface area contributed by atoms with Crippen LogP contribution in [0.1, 0.15) is 22.3 Å². The van der Waals surface area contributed by atoms with E-state index in [1.54, 1.807) is 42.5 Å². The largest absolute Gasteiger partial charge is 0.462 e. The molecule has 0 aromatic heterocycles. The molecule has 0 bridgehead atoms. The van der Waals surface area contributed by atoms with Crippen LogP contribution in [0, 0.1) is 0 Å².